The molecule has 2 heteroatoms. The Kier molecular flexibility index (Phi) is 7.53. The minimum atomic E-state index is 0.706. The lowest BCUT2D eigenvalue weighted by molar-refractivity contribution is 1.18. The quantitative estimate of drug-likeness (QED) is 0.172. The van der Waals surface area contributed by atoms with Gasteiger partial charge in [-0.1, -0.05) is 194 Å². The summed E-state index contributed by atoms with van der Waals surface area (Å²) in [4.78, 5) is 10.2. The van der Waals surface area contributed by atoms with Crippen LogP contribution in [0, 0.1) is 0 Å². The smallest absolute Gasteiger partial charge is 0.160 e. The number of rotatable bonds is 6. The van der Waals surface area contributed by atoms with Crippen LogP contribution in [0.25, 0.3) is 111 Å². The van der Waals surface area contributed by atoms with E-state index in [4.69, 9.17) is 9.97 Å². The maximum absolute atomic E-state index is 5.08. The van der Waals surface area contributed by atoms with E-state index in [-0.39, 0.29) is 0 Å². The minimum Gasteiger partial charge on any atom is -0.228 e. The van der Waals surface area contributed by atoms with Gasteiger partial charge in [0.1, 0.15) is 0 Å². The number of aromatic nitrogens is 2. The molecule has 0 saturated carbocycles. The first kappa shape index (κ1) is 32.0. The molecule has 0 spiro atoms. The minimum absolute atomic E-state index is 0.706. The predicted molar refractivity (Wildman–Crippen MR) is 234 cm³/mol. The van der Waals surface area contributed by atoms with Gasteiger partial charge in [-0.25, -0.2) is 9.97 Å². The fraction of sp³-hybridized carbons (Fsp3) is 0. The largest absolute Gasteiger partial charge is 0.228 e. The van der Waals surface area contributed by atoms with Crippen molar-refractivity contribution in [2.24, 2.45) is 0 Å². The molecule has 260 valence electrons. The third kappa shape index (κ3) is 5.42. The summed E-state index contributed by atoms with van der Waals surface area (Å²) in [5, 5.41) is 5.10. The topological polar surface area (TPSA) is 25.8 Å². The molecule has 10 aromatic rings. The van der Waals surface area contributed by atoms with Gasteiger partial charge in [-0.15, -0.1) is 0 Å². The van der Waals surface area contributed by atoms with Crippen molar-refractivity contribution in [2.45, 2.75) is 0 Å². The Hall–Kier alpha value is -7.42. The molecule has 9 aromatic carbocycles. The molecular weight excluding hydrogens is 677 g/mol. The Morgan fingerprint density at radius 3 is 1.50 bits per heavy atom. The van der Waals surface area contributed by atoms with Crippen LogP contribution in [0.3, 0.4) is 0 Å². The van der Waals surface area contributed by atoms with Crippen molar-refractivity contribution in [3.63, 3.8) is 0 Å². The van der Waals surface area contributed by atoms with E-state index < -0.39 is 0 Å². The Labute approximate surface area is 326 Å². The highest BCUT2D eigenvalue weighted by atomic mass is 14.9. The average molecular weight is 711 g/mol. The van der Waals surface area contributed by atoms with E-state index in [2.05, 4.69) is 194 Å². The maximum atomic E-state index is 5.08. The molecule has 0 unspecified atom stereocenters. The lowest BCUT2D eigenvalue weighted by atomic mass is 9.88. The number of nitrogens with zero attached hydrogens (tertiary/aromatic N) is 2. The zero-order chi connectivity index (χ0) is 37.0. The van der Waals surface area contributed by atoms with Crippen LogP contribution in [-0.4, -0.2) is 9.97 Å². The van der Waals surface area contributed by atoms with Crippen LogP contribution in [0.4, 0.5) is 0 Å². The van der Waals surface area contributed by atoms with Gasteiger partial charge in [0, 0.05) is 16.7 Å². The lowest BCUT2D eigenvalue weighted by Crippen LogP contribution is -1.96. The Bertz CT molecular complexity index is 3030. The number of benzene rings is 9. The van der Waals surface area contributed by atoms with Crippen LogP contribution in [-0.2, 0) is 0 Å². The molecule has 0 N–H and O–H groups in total. The summed E-state index contributed by atoms with van der Waals surface area (Å²) < 4.78 is 0. The predicted octanol–water partition coefficient (Wildman–Crippen LogP) is 14.4. The van der Waals surface area contributed by atoms with Crippen LogP contribution in [0.2, 0.25) is 0 Å². The molecule has 11 rings (SSSR count). The second-order valence-electron chi connectivity index (χ2n) is 14.5. The third-order valence-corrected chi connectivity index (χ3v) is 11.3. The highest BCUT2D eigenvalue weighted by molar-refractivity contribution is 6.15. The third-order valence-electron chi connectivity index (χ3n) is 11.3. The molecule has 0 fully saturated rings. The second kappa shape index (κ2) is 13.2. The van der Waals surface area contributed by atoms with Gasteiger partial charge in [-0.3, -0.25) is 0 Å². The molecule has 1 aliphatic carbocycles. The van der Waals surface area contributed by atoms with E-state index >= 15 is 0 Å². The van der Waals surface area contributed by atoms with E-state index in [1.54, 1.807) is 0 Å². The molecular formula is C54H34N2. The van der Waals surface area contributed by atoms with Crippen LogP contribution in [0.5, 0.6) is 0 Å². The molecule has 0 aliphatic heterocycles. The Balaban J connectivity index is 0.972. The normalized spacial score (nSPS) is 11.6. The van der Waals surface area contributed by atoms with Gasteiger partial charge < -0.3 is 0 Å². The highest BCUT2D eigenvalue weighted by Gasteiger charge is 2.21. The molecule has 1 heterocycles. The van der Waals surface area contributed by atoms with Gasteiger partial charge in [0.05, 0.1) is 11.4 Å². The van der Waals surface area contributed by atoms with Crippen molar-refractivity contribution in [1.82, 2.24) is 9.97 Å². The monoisotopic (exact) mass is 710 g/mol. The highest BCUT2D eigenvalue weighted by Crippen LogP contribution is 2.48. The van der Waals surface area contributed by atoms with Crippen molar-refractivity contribution in [2.75, 3.05) is 0 Å². The second-order valence-corrected chi connectivity index (χ2v) is 14.5. The van der Waals surface area contributed by atoms with Gasteiger partial charge in [0.2, 0.25) is 0 Å². The Morgan fingerprint density at radius 2 is 0.804 bits per heavy atom. The number of hydrogen-bond donors (Lipinski definition) is 0. The van der Waals surface area contributed by atoms with Crippen molar-refractivity contribution in [3.8, 4) is 89.5 Å². The standard InChI is InChI=1S/C54H34N2/c1-3-12-38(13-4-1)50-34-51(39-14-5-2-6-15-39)56-54(55-50)42-27-25-41(26-28-42)52-44-18-8-7-11-36(44)29-31-45(52)37-23-21-35(22-24-37)43-30-32-46-47-19-9-16-40-17-10-20-48(53(40)47)49(46)33-43/h1-34H. The average Bonchev–Trinajstić information content (AvgIpc) is 3.60. The summed E-state index contributed by atoms with van der Waals surface area (Å²) in [6.07, 6.45) is 0. The first-order chi connectivity index (χ1) is 27.7. The lowest BCUT2D eigenvalue weighted by Gasteiger charge is -2.16. The molecule has 2 nitrogen and oxygen atoms in total. The molecule has 0 bridgehead atoms. The molecule has 56 heavy (non-hydrogen) atoms. The fourth-order valence-electron chi connectivity index (χ4n) is 8.51. The van der Waals surface area contributed by atoms with Gasteiger partial charge in [-0.05, 0) is 89.3 Å². The van der Waals surface area contributed by atoms with E-state index in [0.717, 1.165) is 33.6 Å². The van der Waals surface area contributed by atoms with Crippen molar-refractivity contribution >= 4 is 21.5 Å². The summed E-state index contributed by atoms with van der Waals surface area (Å²) >= 11 is 0. The van der Waals surface area contributed by atoms with Crippen LogP contribution >= 0.6 is 0 Å². The van der Waals surface area contributed by atoms with Crippen molar-refractivity contribution in [1.29, 1.82) is 0 Å². The maximum Gasteiger partial charge on any atom is 0.160 e. The van der Waals surface area contributed by atoms with E-state index in [1.807, 2.05) is 12.1 Å². The van der Waals surface area contributed by atoms with Crippen molar-refractivity contribution < 1.29 is 0 Å². The van der Waals surface area contributed by atoms with Crippen molar-refractivity contribution in [3.05, 3.63) is 206 Å². The van der Waals surface area contributed by atoms with Crippen LogP contribution in [0.1, 0.15) is 0 Å². The molecule has 1 aliphatic rings. The first-order valence-corrected chi connectivity index (χ1v) is 19.1. The summed E-state index contributed by atoms with van der Waals surface area (Å²) in [6, 6.07) is 74.0. The molecule has 0 saturated heterocycles. The molecule has 0 atom stereocenters. The zero-order valence-corrected chi connectivity index (χ0v) is 30.5. The molecule has 0 radical (unpaired) electrons. The van der Waals surface area contributed by atoms with E-state index in [0.29, 0.717) is 5.82 Å². The van der Waals surface area contributed by atoms with E-state index in [9.17, 15) is 0 Å². The van der Waals surface area contributed by atoms with Gasteiger partial charge in [0.15, 0.2) is 5.82 Å². The Morgan fingerprint density at radius 1 is 0.268 bits per heavy atom. The first-order valence-electron chi connectivity index (χ1n) is 19.1. The fourth-order valence-corrected chi connectivity index (χ4v) is 8.51. The number of fused-ring (bicyclic) bond motifs is 4. The van der Waals surface area contributed by atoms with Crippen LogP contribution in [0.15, 0.2) is 206 Å². The summed E-state index contributed by atoms with van der Waals surface area (Å²) in [7, 11) is 0. The zero-order valence-electron chi connectivity index (χ0n) is 30.5. The van der Waals surface area contributed by atoms with E-state index in [1.165, 1.54) is 71.6 Å². The van der Waals surface area contributed by atoms with Gasteiger partial charge in [-0.2, -0.15) is 0 Å². The van der Waals surface area contributed by atoms with Gasteiger partial charge in [0.25, 0.3) is 0 Å². The SMILES string of the molecule is c1ccc(-c2cc(-c3ccccc3)nc(-c3ccc(-c4c(-c5ccc(-c6ccc7c(c6)-c6cccc8cccc-7c68)cc5)ccc5ccccc45)cc3)n2)cc1. The summed E-state index contributed by atoms with van der Waals surface area (Å²) in [5.41, 5.74) is 17.4. The number of hydrogen-bond acceptors (Lipinski definition) is 2. The van der Waals surface area contributed by atoms with Crippen LogP contribution < -0.4 is 0 Å². The summed E-state index contributed by atoms with van der Waals surface area (Å²) in [5.74, 6) is 0.706. The summed E-state index contributed by atoms with van der Waals surface area (Å²) in [6.45, 7) is 0. The molecule has 0 amide bonds. The van der Waals surface area contributed by atoms with Gasteiger partial charge >= 0.3 is 0 Å². The molecule has 1 aromatic heterocycles.